The maximum atomic E-state index is 13.7. The standard InChI is InChI=1S/C20H15F3N2O3/c1-10-9-13(12-5-3-4-6-15(12)24-10)20(27)28-11(2)19(26)25-16-8-7-14(21)17(22)18(16)23/h3-9,11H,1-2H3,(H,25,26)/t11-/m0/s1. The fraction of sp³-hybridized carbons (Fsp3) is 0.150. The van der Waals surface area contributed by atoms with Crippen molar-refractivity contribution in [2.75, 3.05) is 5.32 Å². The molecule has 0 saturated heterocycles. The Kier molecular flexibility index (Phi) is 5.30. The number of pyridine rings is 1. The molecule has 1 aromatic heterocycles. The van der Waals surface area contributed by atoms with Crippen molar-refractivity contribution in [3.05, 3.63) is 71.2 Å². The number of esters is 1. The van der Waals surface area contributed by atoms with Gasteiger partial charge < -0.3 is 10.1 Å². The fourth-order valence-corrected chi connectivity index (χ4v) is 2.61. The molecule has 2 aromatic carbocycles. The summed E-state index contributed by atoms with van der Waals surface area (Å²) in [7, 11) is 0. The van der Waals surface area contributed by atoms with Crippen LogP contribution in [0.5, 0.6) is 0 Å². The molecule has 1 amide bonds. The molecule has 0 aliphatic heterocycles. The number of hydrogen-bond donors (Lipinski definition) is 1. The van der Waals surface area contributed by atoms with Gasteiger partial charge in [-0.05, 0) is 38.1 Å². The Morgan fingerprint density at radius 1 is 1.07 bits per heavy atom. The van der Waals surface area contributed by atoms with Crippen LogP contribution in [0.25, 0.3) is 10.9 Å². The van der Waals surface area contributed by atoms with Gasteiger partial charge in [-0.25, -0.2) is 18.0 Å². The van der Waals surface area contributed by atoms with Crippen LogP contribution in [0, 0.1) is 24.4 Å². The monoisotopic (exact) mass is 388 g/mol. The van der Waals surface area contributed by atoms with Crippen molar-refractivity contribution in [2.24, 2.45) is 0 Å². The number of aryl methyl sites for hydroxylation is 1. The summed E-state index contributed by atoms with van der Waals surface area (Å²) >= 11 is 0. The molecule has 28 heavy (non-hydrogen) atoms. The Balaban J connectivity index is 1.78. The molecule has 3 rings (SSSR count). The lowest BCUT2D eigenvalue weighted by Gasteiger charge is -2.15. The molecule has 1 atom stereocenters. The lowest BCUT2D eigenvalue weighted by Crippen LogP contribution is -2.30. The summed E-state index contributed by atoms with van der Waals surface area (Å²) in [5.74, 6) is -6.29. The molecule has 1 heterocycles. The number of aromatic nitrogens is 1. The number of nitrogens with zero attached hydrogens (tertiary/aromatic N) is 1. The summed E-state index contributed by atoms with van der Waals surface area (Å²) in [5, 5.41) is 2.63. The van der Waals surface area contributed by atoms with Crippen LogP contribution in [-0.4, -0.2) is 23.0 Å². The van der Waals surface area contributed by atoms with E-state index < -0.39 is 41.1 Å². The second kappa shape index (κ2) is 7.67. The quantitative estimate of drug-likeness (QED) is 0.539. The van der Waals surface area contributed by atoms with Gasteiger partial charge in [0.25, 0.3) is 5.91 Å². The van der Waals surface area contributed by atoms with Crippen LogP contribution in [0.2, 0.25) is 0 Å². The highest BCUT2D eigenvalue weighted by molar-refractivity contribution is 6.05. The van der Waals surface area contributed by atoms with Gasteiger partial charge in [0.1, 0.15) is 0 Å². The molecule has 0 aliphatic carbocycles. The van der Waals surface area contributed by atoms with Crippen molar-refractivity contribution in [2.45, 2.75) is 20.0 Å². The van der Waals surface area contributed by atoms with E-state index in [2.05, 4.69) is 10.3 Å². The van der Waals surface area contributed by atoms with E-state index in [9.17, 15) is 22.8 Å². The largest absolute Gasteiger partial charge is 0.449 e. The van der Waals surface area contributed by atoms with Crippen LogP contribution in [0.4, 0.5) is 18.9 Å². The topological polar surface area (TPSA) is 68.3 Å². The van der Waals surface area contributed by atoms with Crippen LogP contribution >= 0.6 is 0 Å². The number of halogens is 3. The molecule has 3 aromatic rings. The van der Waals surface area contributed by atoms with Gasteiger partial charge in [-0.3, -0.25) is 9.78 Å². The number of ether oxygens (including phenoxy) is 1. The zero-order chi connectivity index (χ0) is 20.4. The molecule has 0 radical (unpaired) electrons. The van der Waals surface area contributed by atoms with E-state index in [1.807, 2.05) is 0 Å². The van der Waals surface area contributed by atoms with Crippen LogP contribution in [0.3, 0.4) is 0 Å². The number of amides is 1. The van der Waals surface area contributed by atoms with E-state index in [0.29, 0.717) is 22.7 Å². The summed E-state index contributed by atoms with van der Waals surface area (Å²) in [4.78, 5) is 29.0. The average molecular weight is 388 g/mol. The van der Waals surface area contributed by atoms with E-state index in [4.69, 9.17) is 4.74 Å². The smallest absolute Gasteiger partial charge is 0.339 e. The molecule has 0 bridgehead atoms. The predicted octanol–water partition coefficient (Wildman–Crippen LogP) is 4.14. The maximum Gasteiger partial charge on any atom is 0.339 e. The van der Waals surface area contributed by atoms with Crippen molar-refractivity contribution in [3.8, 4) is 0 Å². The first kappa shape index (κ1) is 19.3. The Bertz CT molecular complexity index is 1090. The first-order valence-corrected chi connectivity index (χ1v) is 8.29. The lowest BCUT2D eigenvalue weighted by atomic mass is 10.1. The van der Waals surface area contributed by atoms with Gasteiger partial charge in [0.15, 0.2) is 23.6 Å². The minimum Gasteiger partial charge on any atom is -0.449 e. The van der Waals surface area contributed by atoms with E-state index in [-0.39, 0.29) is 5.56 Å². The maximum absolute atomic E-state index is 13.7. The molecular formula is C20H15F3N2O3. The van der Waals surface area contributed by atoms with Crippen molar-refractivity contribution in [1.82, 2.24) is 4.98 Å². The van der Waals surface area contributed by atoms with Crippen molar-refractivity contribution in [3.63, 3.8) is 0 Å². The predicted molar refractivity (Wildman–Crippen MR) is 96.3 cm³/mol. The average Bonchev–Trinajstić information content (AvgIpc) is 2.67. The highest BCUT2D eigenvalue weighted by atomic mass is 19.2. The van der Waals surface area contributed by atoms with Gasteiger partial charge in [0.2, 0.25) is 0 Å². The van der Waals surface area contributed by atoms with Crippen molar-refractivity contribution < 1.29 is 27.5 Å². The number of carbonyl (C=O) groups excluding carboxylic acids is 2. The molecule has 0 spiro atoms. The SMILES string of the molecule is Cc1cc(C(=O)O[C@@H](C)C(=O)Nc2ccc(F)c(F)c2F)c2ccccc2n1. The molecule has 0 unspecified atom stereocenters. The number of carbonyl (C=O) groups is 2. The minimum absolute atomic E-state index is 0.224. The third kappa shape index (κ3) is 3.80. The normalized spacial score (nSPS) is 11.9. The number of anilines is 1. The number of para-hydroxylation sites is 1. The van der Waals surface area contributed by atoms with E-state index >= 15 is 0 Å². The zero-order valence-corrected chi connectivity index (χ0v) is 14.9. The molecule has 0 aliphatic rings. The number of hydrogen-bond acceptors (Lipinski definition) is 4. The first-order valence-electron chi connectivity index (χ1n) is 8.29. The summed E-state index contributed by atoms with van der Waals surface area (Å²) in [6.07, 6.45) is -1.31. The van der Waals surface area contributed by atoms with E-state index in [1.54, 1.807) is 31.2 Å². The summed E-state index contributed by atoms with van der Waals surface area (Å²) in [6, 6.07) is 10.0. The van der Waals surface area contributed by atoms with E-state index in [0.717, 1.165) is 6.07 Å². The number of benzene rings is 2. The Morgan fingerprint density at radius 3 is 2.54 bits per heavy atom. The van der Waals surface area contributed by atoms with Gasteiger partial charge >= 0.3 is 5.97 Å². The molecule has 5 nitrogen and oxygen atoms in total. The number of nitrogens with one attached hydrogen (secondary N) is 1. The van der Waals surface area contributed by atoms with Crippen molar-refractivity contribution in [1.29, 1.82) is 0 Å². The third-order valence-electron chi connectivity index (χ3n) is 4.01. The zero-order valence-electron chi connectivity index (χ0n) is 14.9. The molecule has 144 valence electrons. The van der Waals surface area contributed by atoms with Gasteiger partial charge in [-0.15, -0.1) is 0 Å². The summed E-state index contributed by atoms with van der Waals surface area (Å²) in [6.45, 7) is 2.99. The first-order chi connectivity index (χ1) is 13.3. The summed E-state index contributed by atoms with van der Waals surface area (Å²) < 4.78 is 45.1. The Morgan fingerprint density at radius 2 is 1.79 bits per heavy atom. The molecular weight excluding hydrogens is 373 g/mol. The number of fused-ring (bicyclic) bond motifs is 1. The van der Waals surface area contributed by atoms with E-state index in [1.165, 1.54) is 13.0 Å². The van der Waals surface area contributed by atoms with Crippen LogP contribution in [0.1, 0.15) is 23.0 Å². The highest BCUT2D eigenvalue weighted by Crippen LogP contribution is 2.21. The molecule has 1 N–H and O–H groups in total. The number of rotatable bonds is 4. The lowest BCUT2D eigenvalue weighted by molar-refractivity contribution is -0.123. The Labute approximate surface area is 158 Å². The molecule has 0 saturated carbocycles. The Hall–Kier alpha value is -3.42. The van der Waals surface area contributed by atoms with Gasteiger partial charge in [0, 0.05) is 11.1 Å². The van der Waals surface area contributed by atoms with Crippen LogP contribution in [0.15, 0.2) is 42.5 Å². The van der Waals surface area contributed by atoms with Gasteiger partial charge in [0.05, 0.1) is 16.8 Å². The van der Waals surface area contributed by atoms with Crippen LogP contribution < -0.4 is 5.32 Å². The second-order valence-electron chi connectivity index (χ2n) is 6.09. The van der Waals surface area contributed by atoms with Crippen molar-refractivity contribution >= 4 is 28.5 Å². The summed E-state index contributed by atoms with van der Waals surface area (Å²) in [5.41, 5.74) is 0.848. The minimum atomic E-state index is -1.71. The van der Waals surface area contributed by atoms with Gasteiger partial charge in [-0.1, -0.05) is 18.2 Å². The molecule has 0 fully saturated rings. The second-order valence-corrected chi connectivity index (χ2v) is 6.09. The molecule has 8 heteroatoms. The van der Waals surface area contributed by atoms with Gasteiger partial charge in [-0.2, -0.15) is 0 Å². The third-order valence-corrected chi connectivity index (χ3v) is 4.01. The van der Waals surface area contributed by atoms with Crippen LogP contribution in [-0.2, 0) is 9.53 Å². The highest BCUT2D eigenvalue weighted by Gasteiger charge is 2.23. The fourth-order valence-electron chi connectivity index (χ4n) is 2.61.